The summed E-state index contributed by atoms with van der Waals surface area (Å²) in [6.45, 7) is 0. The SMILES string of the molecule is FC(F)(F)C=C=C1C=C[C](Cl)C=C1.[HH].[HH].[HH].[Sn]. The van der Waals surface area contributed by atoms with Crippen LogP contribution in [0.25, 0.3) is 0 Å². The molecule has 0 aliphatic heterocycles. The Morgan fingerprint density at radius 1 is 1.21 bits per heavy atom. The van der Waals surface area contributed by atoms with E-state index in [1.807, 2.05) is 0 Å². The molecule has 1 aliphatic carbocycles. The minimum absolute atomic E-state index is 0. The number of rotatable bonds is 0. The van der Waals surface area contributed by atoms with Gasteiger partial charge in [0.05, 0.1) is 6.08 Å². The Labute approximate surface area is 106 Å². The standard InChI is InChI=1S/C9H5ClF3.Sn.3H2/c10-8-3-1-7(2-4-8)5-6-9(11,12)13;;;;/h1-4,6H;;3*1H. The number of hydrogen-bond acceptors (Lipinski definition) is 0. The average Bonchev–Trinajstić information content (AvgIpc) is 2.02. The van der Waals surface area contributed by atoms with Crippen LogP contribution in [-0.2, 0) is 0 Å². The van der Waals surface area contributed by atoms with Gasteiger partial charge < -0.3 is 0 Å². The molecule has 14 heavy (non-hydrogen) atoms. The van der Waals surface area contributed by atoms with Gasteiger partial charge >= 0.3 is 6.18 Å². The maximum absolute atomic E-state index is 11.7. The van der Waals surface area contributed by atoms with Crippen molar-refractivity contribution in [3.05, 3.63) is 47.1 Å². The molecule has 0 fully saturated rings. The third kappa shape index (κ3) is 5.58. The van der Waals surface area contributed by atoms with Gasteiger partial charge in [-0.15, -0.1) is 17.3 Å². The molecular weight excluding hydrogens is 319 g/mol. The fourth-order valence-electron chi connectivity index (χ4n) is 0.711. The Kier molecular flexibility index (Phi) is 5.64. The molecule has 0 aromatic heterocycles. The van der Waals surface area contributed by atoms with Crippen molar-refractivity contribution >= 4 is 35.5 Å². The molecule has 1 aliphatic rings. The van der Waals surface area contributed by atoms with Gasteiger partial charge in [-0.25, -0.2) is 0 Å². The van der Waals surface area contributed by atoms with Crippen LogP contribution in [0.2, 0.25) is 0 Å². The Morgan fingerprint density at radius 3 is 2.14 bits per heavy atom. The van der Waals surface area contributed by atoms with Crippen molar-refractivity contribution in [1.29, 1.82) is 0 Å². The van der Waals surface area contributed by atoms with Crippen molar-refractivity contribution < 1.29 is 17.5 Å². The van der Waals surface area contributed by atoms with Crippen LogP contribution in [0.4, 0.5) is 13.2 Å². The normalized spacial score (nSPS) is 16.1. The van der Waals surface area contributed by atoms with Crippen LogP contribution in [0.15, 0.2) is 41.7 Å². The molecule has 0 bridgehead atoms. The summed E-state index contributed by atoms with van der Waals surface area (Å²) in [5, 5.41) is 0.484. The molecule has 0 nitrogen and oxygen atoms in total. The molecule has 0 spiro atoms. The average molecular weight is 330 g/mol. The van der Waals surface area contributed by atoms with Crippen LogP contribution < -0.4 is 0 Å². The fourth-order valence-corrected chi connectivity index (χ4v) is 0.837. The summed E-state index contributed by atoms with van der Waals surface area (Å²) >= 11 is 5.54. The predicted octanol–water partition coefficient (Wildman–Crippen LogP) is 3.88. The minimum Gasteiger partial charge on any atom is -0.166 e. The molecule has 5 heteroatoms. The molecule has 0 saturated carbocycles. The van der Waals surface area contributed by atoms with Gasteiger partial charge in [-0.3, -0.25) is 0 Å². The van der Waals surface area contributed by atoms with Crippen LogP contribution in [0.3, 0.4) is 0 Å². The molecule has 0 amide bonds. The second kappa shape index (κ2) is 5.69. The van der Waals surface area contributed by atoms with Crippen molar-refractivity contribution in [2.24, 2.45) is 0 Å². The van der Waals surface area contributed by atoms with E-state index in [4.69, 9.17) is 11.6 Å². The number of alkyl halides is 3. The van der Waals surface area contributed by atoms with Gasteiger partial charge in [-0.1, -0.05) is 12.2 Å². The first-order valence-corrected chi connectivity index (χ1v) is 3.78. The molecule has 0 unspecified atom stereocenters. The summed E-state index contributed by atoms with van der Waals surface area (Å²) in [5.74, 6) is 0. The van der Waals surface area contributed by atoms with Crippen molar-refractivity contribution in [2.75, 3.05) is 0 Å². The number of allylic oxidation sites excluding steroid dienone is 5. The summed E-state index contributed by atoms with van der Waals surface area (Å²) in [6.07, 6.45) is 1.69. The zero-order valence-corrected chi connectivity index (χ0v) is 10.5. The molecule has 5 radical (unpaired) electrons. The molecule has 79 valence electrons. The van der Waals surface area contributed by atoms with E-state index in [0.717, 1.165) is 0 Å². The number of halogens is 4. The van der Waals surface area contributed by atoms with Crippen molar-refractivity contribution in [3.8, 4) is 0 Å². The van der Waals surface area contributed by atoms with Crippen molar-refractivity contribution in [1.82, 2.24) is 0 Å². The van der Waals surface area contributed by atoms with E-state index in [0.29, 0.717) is 11.0 Å². The van der Waals surface area contributed by atoms with E-state index in [-0.39, 0.29) is 34.3 Å². The minimum atomic E-state index is -4.32. The maximum Gasteiger partial charge on any atom is 0.416 e. The van der Waals surface area contributed by atoms with Crippen LogP contribution in [0.1, 0.15) is 4.28 Å². The summed E-state index contributed by atoms with van der Waals surface area (Å²) in [4.78, 5) is 0. The molecule has 1 rings (SSSR count). The molecule has 0 aromatic carbocycles. The van der Waals surface area contributed by atoms with Crippen LogP contribution in [0, 0.1) is 5.38 Å². The fraction of sp³-hybridized carbons (Fsp3) is 0.111. The molecular formula is C9H11ClF3Sn. The summed E-state index contributed by atoms with van der Waals surface area (Å²) in [6, 6.07) is 0. The first kappa shape index (κ1) is 13.9. The predicted molar refractivity (Wildman–Crippen MR) is 57.1 cm³/mol. The van der Waals surface area contributed by atoms with Gasteiger partial charge in [-0.2, -0.15) is 13.2 Å². The van der Waals surface area contributed by atoms with E-state index in [2.05, 4.69) is 5.73 Å². The van der Waals surface area contributed by atoms with Gasteiger partial charge in [0.2, 0.25) is 0 Å². The van der Waals surface area contributed by atoms with Gasteiger partial charge in [0.15, 0.2) is 0 Å². The third-order valence-electron chi connectivity index (χ3n) is 1.25. The van der Waals surface area contributed by atoms with Gasteiger partial charge in [0.25, 0.3) is 0 Å². The van der Waals surface area contributed by atoms with E-state index < -0.39 is 6.18 Å². The number of hydrogen-bond donors (Lipinski definition) is 0. The van der Waals surface area contributed by atoms with Crippen LogP contribution >= 0.6 is 11.6 Å². The smallest absolute Gasteiger partial charge is 0.166 e. The van der Waals surface area contributed by atoms with E-state index in [9.17, 15) is 13.2 Å². The van der Waals surface area contributed by atoms with Crippen molar-refractivity contribution in [2.45, 2.75) is 6.18 Å². The van der Waals surface area contributed by atoms with Gasteiger partial charge in [-0.05, 0) is 12.2 Å². The molecule has 0 N–H and O–H groups in total. The first-order valence-electron chi connectivity index (χ1n) is 3.40. The Hall–Kier alpha value is -0.121. The zero-order chi connectivity index (χ0) is 9.90. The molecule has 0 atom stereocenters. The Bertz CT molecular complexity index is 304. The van der Waals surface area contributed by atoms with E-state index >= 15 is 0 Å². The molecule has 0 heterocycles. The molecule has 0 aromatic rings. The van der Waals surface area contributed by atoms with E-state index in [1.165, 1.54) is 24.3 Å². The summed E-state index contributed by atoms with van der Waals surface area (Å²) in [7, 11) is 0. The molecule has 0 saturated heterocycles. The third-order valence-corrected chi connectivity index (χ3v) is 1.50. The van der Waals surface area contributed by atoms with Crippen LogP contribution in [0.5, 0.6) is 0 Å². The van der Waals surface area contributed by atoms with Crippen LogP contribution in [-0.4, -0.2) is 30.1 Å². The monoisotopic (exact) mass is 331 g/mol. The maximum atomic E-state index is 11.7. The quantitative estimate of drug-likeness (QED) is 0.467. The second-order valence-electron chi connectivity index (χ2n) is 2.34. The topological polar surface area (TPSA) is 0 Å². The Balaban J connectivity index is -0.000000211. The second-order valence-corrected chi connectivity index (χ2v) is 2.77. The van der Waals surface area contributed by atoms with Crippen molar-refractivity contribution in [3.63, 3.8) is 0 Å². The Morgan fingerprint density at radius 2 is 1.71 bits per heavy atom. The summed E-state index contributed by atoms with van der Waals surface area (Å²) < 4.78 is 35.0. The summed E-state index contributed by atoms with van der Waals surface area (Å²) in [5.41, 5.74) is 2.45. The largest absolute Gasteiger partial charge is 0.416 e. The zero-order valence-electron chi connectivity index (χ0n) is 6.90. The first-order chi connectivity index (χ1) is 5.97. The van der Waals surface area contributed by atoms with E-state index in [1.54, 1.807) is 0 Å². The van der Waals surface area contributed by atoms with Gasteiger partial charge in [0.1, 0.15) is 5.38 Å². The van der Waals surface area contributed by atoms with Gasteiger partial charge in [0, 0.05) is 33.8 Å².